The molecule has 1 N–H and O–H groups in total. The van der Waals surface area contributed by atoms with Gasteiger partial charge in [0.05, 0.1) is 11.9 Å². The van der Waals surface area contributed by atoms with E-state index in [2.05, 4.69) is 15.3 Å². The predicted molar refractivity (Wildman–Crippen MR) is 56.5 cm³/mol. The van der Waals surface area contributed by atoms with Crippen molar-refractivity contribution in [3.8, 4) is 6.07 Å². The van der Waals surface area contributed by atoms with Crippen molar-refractivity contribution in [3.63, 3.8) is 0 Å². The summed E-state index contributed by atoms with van der Waals surface area (Å²) in [5, 5.41) is 11.7. The first kappa shape index (κ1) is 9.16. The second-order valence-electron chi connectivity index (χ2n) is 2.89. The van der Waals surface area contributed by atoms with Crippen LogP contribution in [0.1, 0.15) is 5.69 Å². The Hall–Kier alpha value is -2.41. The average Bonchev–Trinajstić information content (AvgIpc) is 2.31. The molecule has 0 aromatic carbocycles. The molecule has 4 heteroatoms. The highest BCUT2D eigenvalue weighted by Gasteiger charge is 1.96. The summed E-state index contributed by atoms with van der Waals surface area (Å²) in [5.41, 5.74) is 1.24. The normalized spacial score (nSPS) is 9.27. The van der Waals surface area contributed by atoms with Gasteiger partial charge >= 0.3 is 0 Å². The summed E-state index contributed by atoms with van der Waals surface area (Å²) in [4.78, 5) is 8.05. The van der Waals surface area contributed by atoms with Gasteiger partial charge in [-0.2, -0.15) is 5.26 Å². The summed E-state index contributed by atoms with van der Waals surface area (Å²) in [7, 11) is 0. The topological polar surface area (TPSA) is 61.6 Å². The smallest absolute Gasteiger partial charge is 0.142 e. The van der Waals surface area contributed by atoms with Crippen LogP contribution in [0.5, 0.6) is 0 Å². The summed E-state index contributed by atoms with van der Waals surface area (Å²) >= 11 is 0. The van der Waals surface area contributed by atoms with Crippen molar-refractivity contribution in [2.75, 3.05) is 5.32 Å². The summed E-state index contributed by atoms with van der Waals surface area (Å²) < 4.78 is 0. The summed E-state index contributed by atoms with van der Waals surface area (Å²) in [6, 6.07) is 10.9. The van der Waals surface area contributed by atoms with E-state index in [1.807, 2.05) is 18.2 Å². The van der Waals surface area contributed by atoms with Gasteiger partial charge in [-0.1, -0.05) is 6.07 Å². The number of rotatable bonds is 2. The Morgan fingerprint density at radius 3 is 2.87 bits per heavy atom. The van der Waals surface area contributed by atoms with Gasteiger partial charge < -0.3 is 5.32 Å². The fourth-order valence-electron chi connectivity index (χ4n) is 1.15. The van der Waals surface area contributed by atoms with E-state index < -0.39 is 0 Å². The molecule has 0 radical (unpaired) electrons. The average molecular weight is 196 g/mol. The SMILES string of the molecule is N#Cc1cccc(Nc2cccnc2)n1. The summed E-state index contributed by atoms with van der Waals surface area (Å²) in [6.07, 6.45) is 3.39. The molecule has 72 valence electrons. The van der Waals surface area contributed by atoms with E-state index in [0.29, 0.717) is 11.5 Å². The minimum absolute atomic E-state index is 0.392. The largest absolute Gasteiger partial charge is 0.339 e. The fraction of sp³-hybridized carbons (Fsp3) is 0. The Balaban J connectivity index is 2.22. The zero-order valence-electron chi connectivity index (χ0n) is 7.88. The van der Waals surface area contributed by atoms with E-state index in [4.69, 9.17) is 5.26 Å². The van der Waals surface area contributed by atoms with Crippen LogP contribution in [-0.4, -0.2) is 9.97 Å². The summed E-state index contributed by atoms with van der Waals surface area (Å²) in [5.74, 6) is 0.641. The molecule has 0 atom stereocenters. The van der Waals surface area contributed by atoms with Crippen molar-refractivity contribution in [2.24, 2.45) is 0 Å². The molecule has 0 amide bonds. The zero-order valence-corrected chi connectivity index (χ0v) is 7.88. The Morgan fingerprint density at radius 1 is 1.20 bits per heavy atom. The van der Waals surface area contributed by atoms with Crippen LogP contribution in [0.25, 0.3) is 0 Å². The van der Waals surface area contributed by atoms with Gasteiger partial charge in [0, 0.05) is 6.20 Å². The fourth-order valence-corrected chi connectivity index (χ4v) is 1.15. The van der Waals surface area contributed by atoms with Crippen molar-refractivity contribution in [1.29, 1.82) is 5.26 Å². The molecule has 2 aromatic heterocycles. The second-order valence-corrected chi connectivity index (χ2v) is 2.89. The molecule has 0 aliphatic heterocycles. The van der Waals surface area contributed by atoms with Crippen LogP contribution in [-0.2, 0) is 0 Å². The van der Waals surface area contributed by atoms with Gasteiger partial charge in [0.15, 0.2) is 0 Å². The van der Waals surface area contributed by atoms with E-state index in [-0.39, 0.29) is 0 Å². The number of pyridine rings is 2. The van der Waals surface area contributed by atoms with Gasteiger partial charge in [-0.05, 0) is 24.3 Å². The van der Waals surface area contributed by atoms with Gasteiger partial charge in [-0.25, -0.2) is 4.98 Å². The monoisotopic (exact) mass is 196 g/mol. The number of aromatic nitrogens is 2. The van der Waals surface area contributed by atoms with Gasteiger partial charge in [-0.3, -0.25) is 4.98 Å². The summed E-state index contributed by atoms with van der Waals surface area (Å²) in [6.45, 7) is 0. The van der Waals surface area contributed by atoms with E-state index in [9.17, 15) is 0 Å². The van der Waals surface area contributed by atoms with Crippen LogP contribution in [0, 0.1) is 11.3 Å². The van der Waals surface area contributed by atoms with Crippen LogP contribution < -0.4 is 5.32 Å². The molecular formula is C11H8N4. The highest BCUT2D eigenvalue weighted by atomic mass is 15.0. The molecule has 2 aromatic rings. The van der Waals surface area contributed by atoms with Gasteiger partial charge in [-0.15, -0.1) is 0 Å². The molecule has 2 rings (SSSR count). The number of nitrogens with one attached hydrogen (secondary N) is 1. The highest BCUT2D eigenvalue weighted by Crippen LogP contribution is 2.12. The molecule has 0 saturated carbocycles. The van der Waals surface area contributed by atoms with E-state index in [0.717, 1.165) is 5.69 Å². The molecule has 0 fully saturated rings. The third-order valence-corrected chi connectivity index (χ3v) is 1.80. The molecule has 0 unspecified atom stereocenters. The Morgan fingerprint density at radius 2 is 2.13 bits per heavy atom. The molecule has 0 spiro atoms. The van der Waals surface area contributed by atoms with E-state index in [1.54, 1.807) is 30.6 Å². The van der Waals surface area contributed by atoms with Gasteiger partial charge in [0.2, 0.25) is 0 Å². The molecule has 15 heavy (non-hydrogen) atoms. The molecule has 0 bridgehead atoms. The molecule has 4 nitrogen and oxygen atoms in total. The molecule has 2 heterocycles. The lowest BCUT2D eigenvalue weighted by atomic mass is 10.3. The lowest BCUT2D eigenvalue weighted by Crippen LogP contribution is -1.94. The number of anilines is 2. The van der Waals surface area contributed by atoms with Crippen molar-refractivity contribution in [1.82, 2.24) is 9.97 Å². The van der Waals surface area contributed by atoms with Crippen LogP contribution in [0.15, 0.2) is 42.7 Å². The van der Waals surface area contributed by atoms with Crippen molar-refractivity contribution < 1.29 is 0 Å². The Labute approximate surface area is 87.2 Å². The van der Waals surface area contributed by atoms with E-state index >= 15 is 0 Å². The lowest BCUT2D eigenvalue weighted by molar-refractivity contribution is 1.24. The maximum atomic E-state index is 8.68. The number of hydrogen-bond donors (Lipinski definition) is 1. The second kappa shape index (κ2) is 4.20. The lowest BCUT2D eigenvalue weighted by Gasteiger charge is -2.03. The standard InChI is InChI=1S/C11H8N4/c12-7-9-3-1-5-11(14-9)15-10-4-2-6-13-8-10/h1-6,8H,(H,14,15). The van der Waals surface area contributed by atoms with Crippen molar-refractivity contribution in [3.05, 3.63) is 48.4 Å². The van der Waals surface area contributed by atoms with E-state index in [1.165, 1.54) is 0 Å². The Kier molecular flexibility index (Phi) is 2.56. The highest BCUT2D eigenvalue weighted by molar-refractivity contribution is 5.54. The third-order valence-electron chi connectivity index (χ3n) is 1.80. The first-order chi connectivity index (χ1) is 7.38. The van der Waals surface area contributed by atoms with Crippen molar-refractivity contribution in [2.45, 2.75) is 0 Å². The molecule has 0 aliphatic carbocycles. The molecular weight excluding hydrogens is 188 g/mol. The molecule has 0 aliphatic rings. The van der Waals surface area contributed by atoms with Crippen LogP contribution >= 0.6 is 0 Å². The maximum absolute atomic E-state index is 8.68. The molecule has 0 saturated heterocycles. The maximum Gasteiger partial charge on any atom is 0.142 e. The van der Waals surface area contributed by atoms with Gasteiger partial charge in [0.1, 0.15) is 17.6 Å². The quantitative estimate of drug-likeness (QED) is 0.798. The third kappa shape index (κ3) is 2.29. The van der Waals surface area contributed by atoms with Crippen LogP contribution in [0.2, 0.25) is 0 Å². The zero-order chi connectivity index (χ0) is 10.5. The number of nitrogens with zero attached hydrogens (tertiary/aromatic N) is 3. The first-order valence-electron chi connectivity index (χ1n) is 4.43. The van der Waals surface area contributed by atoms with Crippen LogP contribution in [0.3, 0.4) is 0 Å². The minimum Gasteiger partial charge on any atom is -0.339 e. The number of hydrogen-bond acceptors (Lipinski definition) is 4. The van der Waals surface area contributed by atoms with Gasteiger partial charge in [0.25, 0.3) is 0 Å². The van der Waals surface area contributed by atoms with Crippen LogP contribution in [0.4, 0.5) is 11.5 Å². The number of nitriles is 1. The predicted octanol–water partition coefficient (Wildman–Crippen LogP) is 2.09. The minimum atomic E-state index is 0.392. The van der Waals surface area contributed by atoms with Crippen molar-refractivity contribution >= 4 is 11.5 Å². The Bertz CT molecular complexity index is 487. The first-order valence-corrected chi connectivity index (χ1v) is 4.43.